The van der Waals surface area contributed by atoms with Gasteiger partial charge in [0.1, 0.15) is 0 Å². The molecule has 0 aromatic heterocycles. The minimum Gasteiger partial charge on any atom is -0.355 e. The maximum absolute atomic E-state index is 11.7. The SMILES string of the molecule is CNC(=O)c1cccc(CCN[C@H](C)c2cccc([N+](=O)[O-])c2C)c1. The zero-order valence-corrected chi connectivity index (χ0v) is 14.7. The van der Waals surface area contributed by atoms with E-state index in [1.807, 2.05) is 31.2 Å². The number of carbonyl (C=O) groups is 1. The smallest absolute Gasteiger partial charge is 0.272 e. The van der Waals surface area contributed by atoms with Crippen molar-refractivity contribution >= 4 is 11.6 Å². The number of carbonyl (C=O) groups excluding carboxylic acids is 1. The van der Waals surface area contributed by atoms with Gasteiger partial charge in [-0.05, 0) is 50.1 Å². The lowest BCUT2D eigenvalue weighted by Crippen LogP contribution is -2.22. The molecule has 6 nitrogen and oxygen atoms in total. The van der Waals surface area contributed by atoms with E-state index in [0.29, 0.717) is 17.7 Å². The van der Waals surface area contributed by atoms with Crippen molar-refractivity contribution in [3.05, 3.63) is 74.8 Å². The van der Waals surface area contributed by atoms with Gasteiger partial charge < -0.3 is 10.6 Å². The van der Waals surface area contributed by atoms with Crippen molar-refractivity contribution in [2.45, 2.75) is 26.3 Å². The highest BCUT2D eigenvalue weighted by molar-refractivity contribution is 5.94. The Balaban J connectivity index is 1.99. The average molecular weight is 341 g/mol. The molecular formula is C19H23N3O3. The van der Waals surface area contributed by atoms with Crippen LogP contribution < -0.4 is 10.6 Å². The molecule has 0 saturated heterocycles. The molecule has 25 heavy (non-hydrogen) atoms. The fourth-order valence-corrected chi connectivity index (χ4v) is 2.86. The van der Waals surface area contributed by atoms with Crippen molar-refractivity contribution in [3.8, 4) is 0 Å². The van der Waals surface area contributed by atoms with Crippen molar-refractivity contribution in [1.82, 2.24) is 10.6 Å². The molecule has 2 aromatic carbocycles. The summed E-state index contributed by atoms with van der Waals surface area (Å²) in [4.78, 5) is 22.4. The highest BCUT2D eigenvalue weighted by Gasteiger charge is 2.16. The van der Waals surface area contributed by atoms with Crippen LogP contribution in [0.3, 0.4) is 0 Å². The lowest BCUT2D eigenvalue weighted by atomic mass is 10.0. The van der Waals surface area contributed by atoms with E-state index in [0.717, 1.165) is 17.5 Å². The van der Waals surface area contributed by atoms with Crippen molar-refractivity contribution in [2.75, 3.05) is 13.6 Å². The predicted molar refractivity (Wildman–Crippen MR) is 97.8 cm³/mol. The molecule has 0 saturated carbocycles. The lowest BCUT2D eigenvalue weighted by Gasteiger charge is -2.16. The molecule has 2 aromatic rings. The molecule has 0 unspecified atom stereocenters. The quantitative estimate of drug-likeness (QED) is 0.598. The van der Waals surface area contributed by atoms with Gasteiger partial charge in [0.2, 0.25) is 0 Å². The van der Waals surface area contributed by atoms with Gasteiger partial charge in [-0.1, -0.05) is 24.3 Å². The van der Waals surface area contributed by atoms with Crippen molar-refractivity contribution in [1.29, 1.82) is 0 Å². The van der Waals surface area contributed by atoms with Crippen LogP contribution >= 0.6 is 0 Å². The van der Waals surface area contributed by atoms with Crippen molar-refractivity contribution in [3.63, 3.8) is 0 Å². The van der Waals surface area contributed by atoms with E-state index in [2.05, 4.69) is 10.6 Å². The Morgan fingerprint density at radius 1 is 1.24 bits per heavy atom. The maximum Gasteiger partial charge on any atom is 0.272 e. The first kappa shape index (κ1) is 18.6. The van der Waals surface area contributed by atoms with Crippen molar-refractivity contribution < 1.29 is 9.72 Å². The summed E-state index contributed by atoms with van der Waals surface area (Å²) in [5, 5.41) is 17.1. The summed E-state index contributed by atoms with van der Waals surface area (Å²) in [7, 11) is 1.61. The molecule has 0 heterocycles. The van der Waals surface area contributed by atoms with Crippen LogP contribution in [0, 0.1) is 17.0 Å². The van der Waals surface area contributed by atoms with Crippen LogP contribution in [0.25, 0.3) is 0 Å². The predicted octanol–water partition coefficient (Wildman–Crippen LogP) is 3.16. The number of hydrogen-bond donors (Lipinski definition) is 2. The molecule has 0 radical (unpaired) electrons. The van der Waals surface area contributed by atoms with E-state index >= 15 is 0 Å². The minimum atomic E-state index is -0.351. The first-order chi connectivity index (χ1) is 11.9. The van der Waals surface area contributed by atoms with E-state index in [1.54, 1.807) is 26.1 Å². The third kappa shape index (κ3) is 4.64. The highest BCUT2D eigenvalue weighted by atomic mass is 16.6. The number of rotatable bonds is 7. The van der Waals surface area contributed by atoms with Gasteiger partial charge in [-0.2, -0.15) is 0 Å². The molecule has 1 atom stereocenters. The van der Waals surface area contributed by atoms with Gasteiger partial charge in [0, 0.05) is 30.3 Å². The number of hydrogen-bond acceptors (Lipinski definition) is 4. The van der Waals surface area contributed by atoms with Crippen LogP contribution in [-0.4, -0.2) is 24.4 Å². The Hall–Kier alpha value is -2.73. The standard InChI is InChI=1S/C19H23N3O3/c1-13-17(8-5-9-18(13)22(24)25)14(2)21-11-10-15-6-4-7-16(12-15)19(23)20-3/h4-9,12,14,21H,10-11H2,1-3H3,(H,20,23)/t14-/m1/s1. The first-order valence-electron chi connectivity index (χ1n) is 8.22. The Morgan fingerprint density at radius 2 is 1.96 bits per heavy atom. The molecule has 132 valence electrons. The number of benzene rings is 2. The van der Waals surface area contributed by atoms with E-state index in [9.17, 15) is 14.9 Å². The maximum atomic E-state index is 11.7. The molecule has 2 rings (SSSR count). The number of nitro groups is 1. The Kier molecular flexibility index (Phi) is 6.25. The second kappa shape index (κ2) is 8.39. The molecule has 0 fully saturated rings. The second-order valence-electron chi connectivity index (χ2n) is 5.95. The summed E-state index contributed by atoms with van der Waals surface area (Å²) in [6, 6.07) is 12.7. The second-order valence-corrected chi connectivity index (χ2v) is 5.95. The molecule has 0 spiro atoms. The summed E-state index contributed by atoms with van der Waals surface area (Å²) in [5.41, 5.74) is 3.46. The largest absolute Gasteiger partial charge is 0.355 e. The molecule has 6 heteroatoms. The topological polar surface area (TPSA) is 84.3 Å². The molecule has 2 N–H and O–H groups in total. The highest BCUT2D eigenvalue weighted by Crippen LogP contribution is 2.25. The van der Waals surface area contributed by atoms with E-state index in [1.165, 1.54) is 6.07 Å². The number of amides is 1. The van der Waals surface area contributed by atoms with Crippen molar-refractivity contribution in [2.24, 2.45) is 0 Å². The fraction of sp³-hybridized carbons (Fsp3) is 0.316. The zero-order valence-electron chi connectivity index (χ0n) is 14.7. The van der Waals surface area contributed by atoms with Crippen LogP contribution in [0.15, 0.2) is 42.5 Å². The average Bonchev–Trinajstić information content (AvgIpc) is 2.61. The van der Waals surface area contributed by atoms with Crippen LogP contribution in [0.4, 0.5) is 5.69 Å². The van der Waals surface area contributed by atoms with Gasteiger partial charge in [-0.25, -0.2) is 0 Å². The summed E-state index contributed by atoms with van der Waals surface area (Å²) < 4.78 is 0. The van der Waals surface area contributed by atoms with Crippen LogP contribution in [-0.2, 0) is 6.42 Å². The normalized spacial score (nSPS) is 11.8. The fourth-order valence-electron chi connectivity index (χ4n) is 2.86. The number of nitrogens with zero attached hydrogens (tertiary/aromatic N) is 1. The summed E-state index contributed by atoms with van der Waals surface area (Å²) in [6.45, 7) is 4.48. The van der Waals surface area contributed by atoms with Gasteiger partial charge in [0.05, 0.1) is 4.92 Å². The zero-order chi connectivity index (χ0) is 18.4. The van der Waals surface area contributed by atoms with Crippen LogP contribution in [0.2, 0.25) is 0 Å². The molecule has 0 bridgehead atoms. The Morgan fingerprint density at radius 3 is 2.64 bits per heavy atom. The van der Waals surface area contributed by atoms with Gasteiger partial charge in [0.15, 0.2) is 0 Å². The summed E-state index contributed by atoms with van der Waals surface area (Å²) in [6.07, 6.45) is 0.767. The Bertz CT molecular complexity index is 774. The van der Waals surface area contributed by atoms with E-state index in [-0.39, 0.29) is 22.6 Å². The third-order valence-electron chi connectivity index (χ3n) is 4.29. The Labute approximate surface area is 147 Å². The third-order valence-corrected chi connectivity index (χ3v) is 4.29. The molecule has 1 amide bonds. The van der Waals surface area contributed by atoms with E-state index in [4.69, 9.17) is 0 Å². The van der Waals surface area contributed by atoms with Gasteiger partial charge >= 0.3 is 0 Å². The van der Waals surface area contributed by atoms with Gasteiger partial charge in [0.25, 0.3) is 11.6 Å². The molecule has 0 aliphatic rings. The van der Waals surface area contributed by atoms with Crippen LogP contribution in [0.1, 0.15) is 40.0 Å². The monoisotopic (exact) mass is 341 g/mol. The summed E-state index contributed by atoms with van der Waals surface area (Å²) in [5.74, 6) is -0.101. The number of nitro benzene ring substituents is 1. The van der Waals surface area contributed by atoms with Gasteiger partial charge in [-0.15, -0.1) is 0 Å². The lowest BCUT2D eigenvalue weighted by molar-refractivity contribution is -0.385. The van der Waals surface area contributed by atoms with E-state index < -0.39 is 0 Å². The summed E-state index contributed by atoms with van der Waals surface area (Å²) >= 11 is 0. The molecule has 0 aliphatic carbocycles. The first-order valence-corrected chi connectivity index (χ1v) is 8.22. The van der Waals surface area contributed by atoms with Crippen LogP contribution in [0.5, 0.6) is 0 Å². The number of nitrogens with one attached hydrogen (secondary N) is 2. The minimum absolute atomic E-state index is 0.00187. The van der Waals surface area contributed by atoms with Gasteiger partial charge in [-0.3, -0.25) is 14.9 Å². The molecule has 0 aliphatic heterocycles. The molecular weight excluding hydrogens is 318 g/mol.